The second-order valence-corrected chi connectivity index (χ2v) is 10.0. The van der Waals surface area contributed by atoms with Gasteiger partial charge in [-0.25, -0.2) is 3.63 Å². The van der Waals surface area contributed by atoms with Gasteiger partial charge in [0.15, 0.2) is 0 Å². The van der Waals surface area contributed by atoms with Crippen molar-refractivity contribution < 1.29 is 21.6 Å². The highest BCUT2D eigenvalue weighted by molar-refractivity contribution is 8.32. The lowest BCUT2D eigenvalue weighted by atomic mass is 10.2. The molecule has 0 unspecified atom stereocenters. The van der Waals surface area contributed by atoms with Crippen LogP contribution in [0.15, 0.2) is 29.2 Å². The summed E-state index contributed by atoms with van der Waals surface area (Å²) in [6.45, 7) is 3.35. The molecule has 0 aliphatic carbocycles. The van der Waals surface area contributed by atoms with E-state index in [1.807, 2.05) is 6.92 Å². The Kier molecular flexibility index (Phi) is 5.61. The standard InChI is InChI=1S/C13H20O5S2/c1-11-5-7-13(8-6-11)20(15,16)18-19(3,4)10-9-17-12(2)14/h5-8H,9-10H2,1-4H3. The van der Waals surface area contributed by atoms with Crippen molar-refractivity contribution in [2.45, 2.75) is 18.7 Å². The van der Waals surface area contributed by atoms with Crippen LogP contribution in [0.2, 0.25) is 0 Å². The number of rotatable bonds is 6. The Bertz CT molecular complexity index is 561. The van der Waals surface area contributed by atoms with Gasteiger partial charge in [0.2, 0.25) is 0 Å². The van der Waals surface area contributed by atoms with Crippen molar-refractivity contribution in [1.82, 2.24) is 0 Å². The van der Waals surface area contributed by atoms with Crippen molar-refractivity contribution in [3.05, 3.63) is 29.8 Å². The molecule has 0 aromatic heterocycles. The summed E-state index contributed by atoms with van der Waals surface area (Å²) in [5, 5.41) is 0. The molecular formula is C13H20O5S2. The van der Waals surface area contributed by atoms with Crippen LogP contribution >= 0.6 is 10.3 Å². The summed E-state index contributed by atoms with van der Waals surface area (Å²) < 4.78 is 34.4. The summed E-state index contributed by atoms with van der Waals surface area (Å²) in [6.07, 6.45) is 3.45. The number of hydrogen-bond donors (Lipinski definition) is 0. The van der Waals surface area contributed by atoms with Crippen LogP contribution in [0.25, 0.3) is 0 Å². The first-order valence-electron chi connectivity index (χ1n) is 5.99. The normalized spacial score (nSPS) is 13.0. The van der Waals surface area contributed by atoms with Crippen molar-refractivity contribution in [1.29, 1.82) is 0 Å². The SMILES string of the molecule is CC(=O)OCCS(C)(C)OS(=O)(=O)c1ccc(C)cc1. The second-order valence-electron chi connectivity index (χ2n) is 4.82. The third kappa shape index (κ3) is 5.52. The highest BCUT2D eigenvalue weighted by Gasteiger charge is 2.24. The lowest BCUT2D eigenvalue weighted by Crippen LogP contribution is -2.17. The molecule has 114 valence electrons. The summed E-state index contributed by atoms with van der Waals surface area (Å²) >= 11 is 0. The fourth-order valence-electron chi connectivity index (χ4n) is 1.41. The van der Waals surface area contributed by atoms with Crippen molar-refractivity contribution in [3.8, 4) is 0 Å². The molecule has 0 amide bonds. The topological polar surface area (TPSA) is 69.7 Å². The van der Waals surface area contributed by atoms with E-state index in [9.17, 15) is 13.2 Å². The molecule has 0 fully saturated rings. The summed E-state index contributed by atoms with van der Waals surface area (Å²) in [6, 6.07) is 6.48. The predicted molar refractivity (Wildman–Crippen MR) is 80.4 cm³/mol. The molecule has 0 heterocycles. The van der Waals surface area contributed by atoms with Crippen LogP contribution in [0, 0.1) is 6.92 Å². The average Bonchev–Trinajstić information content (AvgIpc) is 2.26. The molecule has 0 spiro atoms. The molecule has 0 atom stereocenters. The number of carbonyl (C=O) groups is 1. The monoisotopic (exact) mass is 320 g/mol. The van der Waals surface area contributed by atoms with E-state index in [2.05, 4.69) is 0 Å². The molecule has 1 rings (SSSR count). The zero-order valence-corrected chi connectivity index (χ0v) is 13.7. The summed E-state index contributed by atoms with van der Waals surface area (Å²) in [4.78, 5) is 10.8. The van der Waals surface area contributed by atoms with Crippen LogP contribution in [0.3, 0.4) is 0 Å². The van der Waals surface area contributed by atoms with Crippen molar-refractivity contribution >= 4 is 26.4 Å². The van der Waals surface area contributed by atoms with Crippen LogP contribution in [0.4, 0.5) is 0 Å². The molecule has 0 aliphatic rings. The molecule has 0 bridgehead atoms. The lowest BCUT2D eigenvalue weighted by molar-refractivity contribution is -0.140. The van der Waals surface area contributed by atoms with Crippen LogP contribution in [-0.2, 0) is 23.3 Å². The molecule has 0 aliphatic heterocycles. The van der Waals surface area contributed by atoms with Gasteiger partial charge in [0.25, 0.3) is 0 Å². The molecule has 1 aromatic rings. The van der Waals surface area contributed by atoms with Gasteiger partial charge < -0.3 is 4.74 Å². The smallest absolute Gasteiger partial charge is 0.306 e. The van der Waals surface area contributed by atoms with Crippen LogP contribution < -0.4 is 0 Å². The summed E-state index contributed by atoms with van der Waals surface area (Å²) in [7, 11) is -5.65. The van der Waals surface area contributed by atoms with E-state index < -0.39 is 20.4 Å². The molecule has 7 heteroatoms. The van der Waals surface area contributed by atoms with E-state index in [0.29, 0.717) is 5.75 Å². The van der Waals surface area contributed by atoms with Gasteiger partial charge in [-0.1, -0.05) is 17.7 Å². The van der Waals surface area contributed by atoms with Gasteiger partial charge in [-0.2, -0.15) is 8.42 Å². The fraction of sp³-hybridized carbons (Fsp3) is 0.462. The van der Waals surface area contributed by atoms with Crippen LogP contribution in [0.5, 0.6) is 0 Å². The van der Waals surface area contributed by atoms with Gasteiger partial charge in [0, 0.05) is 12.7 Å². The molecule has 20 heavy (non-hydrogen) atoms. The lowest BCUT2D eigenvalue weighted by Gasteiger charge is -2.29. The zero-order valence-electron chi connectivity index (χ0n) is 12.1. The highest BCUT2D eigenvalue weighted by Crippen LogP contribution is 2.44. The first-order valence-corrected chi connectivity index (χ1v) is 9.95. The van der Waals surface area contributed by atoms with Gasteiger partial charge in [0.05, 0.1) is 4.90 Å². The predicted octanol–water partition coefficient (Wildman–Crippen LogP) is 2.24. The third-order valence-corrected chi connectivity index (χ3v) is 6.65. The largest absolute Gasteiger partial charge is 0.465 e. The van der Waals surface area contributed by atoms with Gasteiger partial charge in [-0.15, -0.1) is 10.3 Å². The molecule has 0 saturated carbocycles. The minimum atomic E-state index is -3.79. The van der Waals surface area contributed by atoms with E-state index in [-0.39, 0.29) is 17.5 Å². The highest BCUT2D eigenvalue weighted by atomic mass is 32.3. The number of carbonyl (C=O) groups excluding carboxylic acids is 1. The maximum atomic E-state index is 12.1. The Hall–Kier alpha value is -1.05. The van der Waals surface area contributed by atoms with E-state index in [1.54, 1.807) is 24.6 Å². The molecule has 0 N–H and O–H groups in total. The number of ether oxygens (including phenoxy) is 1. The third-order valence-electron chi connectivity index (χ3n) is 2.46. The zero-order chi connectivity index (χ0) is 15.4. The quantitative estimate of drug-likeness (QED) is 0.752. The van der Waals surface area contributed by atoms with E-state index in [1.165, 1.54) is 19.1 Å². The van der Waals surface area contributed by atoms with E-state index >= 15 is 0 Å². The Labute approximate surface area is 121 Å². The molecule has 0 saturated heterocycles. The maximum absolute atomic E-state index is 12.1. The fourth-order valence-corrected chi connectivity index (χ4v) is 4.89. The molecule has 1 aromatic carbocycles. The van der Waals surface area contributed by atoms with E-state index in [4.69, 9.17) is 8.37 Å². The summed E-state index contributed by atoms with van der Waals surface area (Å²) in [5.74, 6) is -0.0147. The molecular weight excluding hydrogens is 300 g/mol. The van der Waals surface area contributed by atoms with Gasteiger partial charge >= 0.3 is 16.1 Å². The number of aryl methyl sites for hydroxylation is 1. The van der Waals surface area contributed by atoms with Crippen LogP contribution in [0.1, 0.15) is 12.5 Å². The van der Waals surface area contributed by atoms with Crippen molar-refractivity contribution in [3.63, 3.8) is 0 Å². The Morgan fingerprint density at radius 2 is 1.70 bits per heavy atom. The van der Waals surface area contributed by atoms with Gasteiger partial charge in [-0.3, -0.25) is 4.79 Å². The minimum Gasteiger partial charge on any atom is -0.465 e. The Balaban J connectivity index is 2.74. The molecule has 5 nitrogen and oxygen atoms in total. The van der Waals surface area contributed by atoms with E-state index in [0.717, 1.165) is 5.56 Å². The number of hydrogen-bond acceptors (Lipinski definition) is 5. The van der Waals surface area contributed by atoms with Gasteiger partial charge in [-0.05, 0) is 31.6 Å². The Morgan fingerprint density at radius 3 is 2.20 bits per heavy atom. The molecule has 0 radical (unpaired) electrons. The minimum absolute atomic E-state index is 0.135. The Morgan fingerprint density at radius 1 is 1.15 bits per heavy atom. The summed E-state index contributed by atoms with van der Waals surface area (Å²) in [5.41, 5.74) is 0.977. The maximum Gasteiger partial charge on any atom is 0.306 e. The second kappa shape index (κ2) is 6.60. The average molecular weight is 320 g/mol. The van der Waals surface area contributed by atoms with Gasteiger partial charge in [0.1, 0.15) is 6.61 Å². The first kappa shape index (κ1) is 17.0. The van der Waals surface area contributed by atoms with Crippen molar-refractivity contribution in [2.75, 3.05) is 24.9 Å². The number of esters is 1. The number of benzene rings is 1. The van der Waals surface area contributed by atoms with Crippen molar-refractivity contribution in [2.24, 2.45) is 0 Å². The van der Waals surface area contributed by atoms with Crippen LogP contribution in [-0.4, -0.2) is 39.3 Å². The first-order chi connectivity index (χ1) is 9.12.